The molecule has 1 aromatic heterocycles. The number of likely N-dealkylation sites (tertiary alicyclic amines) is 1. The number of amides is 1. The number of hydrogen-bond donors (Lipinski definition) is 1. The minimum atomic E-state index is 0.126. The normalized spacial score (nSPS) is 16.4. The van der Waals surface area contributed by atoms with Crippen molar-refractivity contribution in [2.24, 2.45) is 5.92 Å². The smallest absolute Gasteiger partial charge is 0.254 e. The Morgan fingerprint density at radius 2 is 2.26 bits per heavy atom. The van der Waals surface area contributed by atoms with Crippen molar-refractivity contribution in [3.05, 3.63) is 23.9 Å². The van der Waals surface area contributed by atoms with Crippen LogP contribution in [0.5, 0.6) is 0 Å². The summed E-state index contributed by atoms with van der Waals surface area (Å²) in [5.74, 6) is 2.84. The van der Waals surface area contributed by atoms with Crippen LogP contribution in [0.1, 0.15) is 23.2 Å². The lowest BCUT2D eigenvalue weighted by molar-refractivity contribution is 0.0698. The van der Waals surface area contributed by atoms with Gasteiger partial charge >= 0.3 is 0 Å². The molecule has 0 bridgehead atoms. The first-order valence-corrected chi connectivity index (χ1v) is 8.06. The van der Waals surface area contributed by atoms with Gasteiger partial charge in [0.05, 0.1) is 0 Å². The molecule has 0 unspecified atom stereocenters. The van der Waals surface area contributed by atoms with Crippen molar-refractivity contribution in [1.82, 2.24) is 9.88 Å². The van der Waals surface area contributed by atoms with Crippen LogP contribution in [-0.2, 0) is 0 Å². The number of nitrogens with one attached hydrogen (secondary N) is 1. The highest BCUT2D eigenvalue weighted by molar-refractivity contribution is 7.98. The second kappa shape index (κ2) is 6.80. The molecule has 1 N–H and O–H groups in total. The molecule has 0 spiro atoms. The van der Waals surface area contributed by atoms with E-state index in [0.717, 1.165) is 43.2 Å². The fourth-order valence-electron chi connectivity index (χ4n) is 2.42. The predicted molar refractivity (Wildman–Crippen MR) is 80.8 cm³/mol. The first-order chi connectivity index (χ1) is 9.24. The van der Waals surface area contributed by atoms with E-state index in [1.54, 1.807) is 12.3 Å². The fourth-order valence-corrected chi connectivity index (χ4v) is 3.23. The van der Waals surface area contributed by atoms with Gasteiger partial charge in [-0.3, -0.25) is 4.79 Å². The molecule has 1 aromatic rings. The molecule has 0 aliphatic carbocycles. The summed E-state index contributed by atoms with van der Waals surface area (Å²) in [6, 6.07) is 3.60. The summed E-state index contributed by atoms with van der Waals surface area (Å²) in [7, 11) is 1.81. The maximum Gasteiger partial charge on any atom is 0.254 e. The van der Waals surface area contributed by atoms with E-state index in [9.17, 15) is 4.79 Å². The zero-order valence-corrected chi connectivity index (χ0v) is 12.4. The van der Waals surface area contributed by atoms with Crippen LogP contribution in [-0.4, -0.2) is 47.9 Å². The highest BCUT2D eigenvalue weighted by Gasteiger charge is 2.23. The summed E-state index contributed by atoms with van der Waals surface area (Å²) in [5.41, 5.74) is 0.725. The van der Waals surface area contributed by atoms with E-state index in [2.05, 4.69) is 16.6 Å². The number of thioether (sulfide) groups is 1. The van der Waals surface area contributed by atoms with Crippen molar-refractivity contribution in [1.29, 1.82) is 0 Å². The molecule has 0 atom stereocenters. The van der Waals surface area contributed by atoms with Gasteiger partial charge < -0.3 is 10.2 Å². The zero-order valence-electron chi connectivity index (χ0n) is 11.6. The Morgan fingerprint density at radius 3 is 2.89 bits per heavy atom. The lowest BCUT2D eigenvalue weighted by Crippen LogP contribution is -2.39. The van der Waals surface area contributed by atoms with Crippen molar-refractivity contribution >= 4 is 23.5 Å². The van der Waals surface area contributed by atoms with Crippen molar-refractivity contribution in [2.75, 3.05) is 37.5 Å². The van der Waals surface area contributed by atoms with E-state index in [0.29, 0.717) is 0 Å². The Balaban J connectivity index is 1.97. The zero-order chi connectivity index (χ0) is 13.7. The van der Waals surface area contributed by atoms with E-state index in [1.165, 1.54) is 5.75 Å². The van der Waals surface area contributed by atoms with Crippen LogP contribution in [0.25, 0.3) is 0 Å². The van der Waals surface area contributed by atoms with Crippen LogP contribution in [0.2, 0.25) is 0 Å². The largest absolute Gasteiger partial charge is 0.373 e. The van der Waals surface area contributed by atoms with Crippen molar-refractivity contribution in [3.63, 3.8) is 0 Å². The van der Waals surface area contributed by atoms with Crippen LogP contribution < -0.4 is 5.32 Å². The van der Waals surface area contributed by atoms with Gasteiger partial charge in [0.15, 0.2) is 0 Å². The minimum absolute atomic E-state index is 0.126. The lowest BCUT2D eigenvalue weighted by atomic mass is 9.98. The van der Waals surface area contributed by atoms with Gasteiger partial charge in [-0.25, -0.2) is 4.98 Å². The number of anilines is 1. The molecule has 1 aliphatic heterocycles. The monoisotopic (exact) mass is 279 g/mol. The van der Waals surface area contributed by atoms with Gasteiger partial charge in [0, 0.05) is 31.9 Å². The molecular formula is C14H21N3OS. The summed E-state index contributed by atoms with van der Waals surface area (Å²) < 4.78 is 0. The van der Waals surface area contributed by atoms with Crippen LogP contribution in [0.4, 0.5) is 5.82 Å². The second-order valence-electron chi connectivity index (χ2n) is 4.87. The third kappa shape index (κ3) is 3.62. The number of piperidine rings is 1. The minimum Gasteiger partial charge on any atom is -0.373 e. The molecule has 2 heterocycles. The van der Waals surface area contributed by atoms with E-state index in [-0.39, 0.29) is 5.91 Å². The van der Waals surface area contributed by atoms with Crippen LogP contribution in [0.3, 0.4) is 0 Å². The number of carbonyl (C=O) groups is 1. The Hall–Kier alpha value is -1.23. The Kier molecular flexibility index (Phi) is 5.07. The van der Waals surface area contributed by atoms with E-state index in [1.807, 2.05) is 29.8 Å². The first kappa shape index (κ1) is 14.2. The van der Waals surface area contributed by atoms with Gasteiger partial charge in [0.2, 0.25) is 0 Å². The number of aromatic nitrogens is 1. The Labute approximate surface area is 119 Å². The molecule has 0 radical (unpaired) electrons. The number of rotatable bonds is 4. The van der Waals surface area contributed by atoms with Crippen molar-refractivity contribution < 1.29 is 4.79 Å². The molecule has 4 nitrogen and oxygen atoms in total. The summed E-state index contributed by atoms with van der Waals surface area (Å²) in [6.07, 6.45) is 6.07. The highest BCUT2D eigenvalue weighted by Crippen LogP contribution is 2.22. The third-order valence-corrected chi connectivity index (χ3v) is 4.37. The molecule has 19 heavy (non-hydrogen) atoms. The summed E-state index contributed by atoms with van der Waals surface area (Å²) in [5, 5.41) is 2.96. The van der Waals surface area contributed by atoms with Crippen LogP contribution in [0.15, 0.2) is 18.3 Å². The maximum atomic E-state index is 12.4. The summed E-state index contributed by atoms with van der Waals surface area (Å²) in [6.45, 7) is 1.75. The van der Waals surface area contributed by atoms with E-state index >= 15 is 0 Å². The molecule has 1 fully saturated rings. The second-order valence-corrected chi connectivity index (χ2v) is 5.78. The molecule has 1 saturated heterocycles. The Bertz CT molecular complexity index is 430. The van der Waals surface area contributed by atoms with Gasteiger partial charge in [-0.15, -0.1) is 0 Å². The molecule has 2 rings (SSSR count). The summed E-state index contributed by atoms with van der Waals surface area (Å²) >= 11 is 1.90. The van der Waals surface area contributed by atoms with Crippen molar-refractivity contribution in [3.8, 4) is 0 Å². The lowest BCUT2D eigenvalue weighted by Gasteiger charge is -2.31. The molecule has 1 aliphatic rings. The quantitative estimate of drug-likeness (QED) is 0.919. The number of nitrogens with zero attached hydrogens (tertiary/aromatic N) is 2. The molecule has 5 heteroatoms. The van der Waals surface area contributed by atoms with Gasteiger partial charge in [-0.1, -0.05) is 0 Å². The highest BCUT2D eigenvalue weighted by atomic mass is 32.2. The van der Waals surface area contributed by atoms with Crippen molar-refractivity contribution in [2.45, 2.75) is 12.8 Å². The van der Waals surface area contributed by atoms with E-state index in [4.69, 9.17) is 0 Å². The SMILES string of the molecule is CNc1cc(C(=O)N2CCC(CSC)CC2)ccn1. The summed E-state index contributed by atoms with van der Waals surface area (Å²) in [4.78, 5) is 18.5. The molecule has 0 aromatic carbocycles. The number of carbonyl (C=O) groups excluding carboxylic acids is 1. The van der Waals surface area contributed by atoms with Gasteiger partial charge in [0.1, 0.15) is 5.82 Å². The first-order valence-electron chi connectivity index (χ1n) is 6.66. The van der Waals surface area contributed by atoms with Gasteiger partial charge in [-0.05, 0) is 42.9 Å². The molecule has 1 amide bonds. The predicted octanol–water partition coefficient (Wildman–Crippen LogP) is 2.34. The fraction of sp³-hybridized carbons (Fsp3) is 0.571. The molecular weight excluding hydrogens is 258 g/mol. The molecule has 104 valence electrons. The van der Waals surface area contributed by atoms with Crippen LogP contribution in [0, 0.1) is 5.92 Å². The average Bonchev–Trinajstić information content (AvgIpc) is 2.48. The number of pyridine rings is 1. The Morgan fingerprint density at radius 1 is 1.53 bits per heavy atom. The van der Waals surface area contributed by atoms with Crippen LogP contribution >= 0.6 is 11.8 Å². The van der Waals surface area contributed by atoms with Gasteiger partial charge in [-0.2, -0.15) is 11.8 Å². The number of hydrogen-bond acceptors (Lipinski definition) is 4. The van der Waals surface area contributed by atoms with E-state index < -0.39 is 0 Å². The maximum absolute atomic E-state index is 12.4. The average molecular weight is 279 g/mol. The third-order valence-electron chi connectivity index (χ3n) is 3.57. The topological polar surface area (TPSA) is 45.2 Å². The van der Waals surface area contributed by atoms with Gasteiger partial charge in [0.25, 0.3) is 5.91 Å². The standard InChI is InChI=1S/C14H21N3OS/c1-15-13-9-12(3-6-16-13)14(18)17-7-4-11(5-8-17)10-19-2/h3,6,9,11H,4-5,7-8,10H2,1-2H3,(H,15,16). The molecule has 0 saturated carbocycles.